The number of ketones is 2. The first-order valence-electron chi connectivity index (χ1n) is 17.0. The second-order valence-corrected chi connectivity index (χ2v) is 26.2. The van der Waals surface area contributed by atoms with Crippen molar-refractivity contribution in [3.63, 3.8) is 0 Å². The van der Waals surface area contributed by atoms with Crippen LogP contribution in [0.3, 0.4) is 0 Å². The van der Waals surface area contributed by atoms with E-state index in [0.717, 1.165) is 12.5 Å². The van der Waals surface area contributed by atoms with E-state index in [1.54, 1.807) is 0 Å². The van der Waals surface area contributed by atoms with Crippen LogP contribution in [0.15, 0.2) is 12.7 Å². The van der Waals surface area contributed by atoms with Crippen LogP contribution in [0.4, 0.5) is 0 Å². The molecule has 0 spiro atoms. The summed E-state index contributed by atoms with van der Waals surface area (Å²) in [4.78, 5) is 33.8. The van der Waals surface area contributed by atoms with Gasteiger partial charge < -0.3 is 76.2 Å². The van der Waals surface area contributed by atoms with Crippen LogP contribution in [-0.4, -0.2) is 198 Å². The van der Waals surface area contributed by atoms with Crippen molar-refractivity contribution in [1.82, 2.24) is 0 Å². The molecule has 0 aromatic rings. The van der Waals surface area contributed by atoms with Crippen LogP contribution in [0, 0.1) is 0 Å². The van der Waals surface area contributed by atoms with Gasteiger partial charge in [-0.15, -0.1) is 6.58 Å². The Morgan fingerprint density at radius 1 is 0.731 bits per heavy atom. The summed E-state index contributed by atoms with van der Waals surface area (Å²) in [5.74, 6) is -2.24. The number of carbonyl (C=O) groups excluding carboxylic acids is 3. The molecule has 20 heteroatoms. The minimum absolute atomic E-state index is 0.0103. The first kappa shape index (κ1) is 52.5. The summed E-state index contributed by atoms with van der Waals surface area (Å²) in [6.45, 7) is 13.1. The normalized spacial score (nSPS) is 23.9. The lowest BCUT2D eigenvalue weighted by molar-refractivity contribution is -0.206. The molecule has 52 heavy (non-hydrogen) atoms. The van der Waals surface area contributed by atoms with Gasteiger partial charge in [-0.25, -0.2) is 4.79 Å². The maximum atomic E-state index is 11.9. The molecule has 1 saturated heterocycles. The standard InChI is InChI=1S/C16H36O6Si2.C10H18O6.C6H10O6/c1-23(2,3)11-24(4,5)9-7-6-8-12(18)14(20)16(22)15(21)13(19)10-17;1-2-3-4-6(12)8(14)10(16)9(15)7(13)5-11;7-1-2-3(8)4(9)5(10)6(11)12-2/h13-17,19-22H,6-11H2,1-5H3;2,7-11,13-16H,1,3-5H2;2-5,7-10H,1H2/t13-,14+,15-,16-;7-,8+,9-,10-;2-,3-,4+,5-/m111/s1. The molecular formula is C32H64O18Si2. The molecule has 308 valence electrons. The molecule has 12 atom stereocenters. The van der Waals surface area contributed by atoms with Crippen molar-refractivity contribution in [2.45, 2.75) is 150 Å². The van der Waals surface area contributed by atoms with E-state index in [0.29, 0.717) is 12.8 Å². The van der Waals surface area contributed by atoms with Crippen LogP contribution in [0.2, 0.25) is 44.4 Å². The highest BCUT2D eigenvalue weighted by molar-refractivity contribution is 6.94. The number of hydrogen-bond donors (Lipinski definition) is 14. The van der Waals surface area contributed by atoms with Crippen LogP contribution in [0.1, 0.15) is 32.1 Å². The zero-order valence-electron chi connectivity index (χ0n) is 30.7. The Bertz CT molecular complexity index is 1040. The molecule has 18 nitrogen and oxygen atoms in total. The van der Waals surface area contributed by atoms with Crippen molar-refractivity contribution >= 4 is 33.7 Å². The first-order valence-corrected chi connectivity index (χ1v) is 24.1. The fourth-order valence-electron chi connectivity index (χ4n) is 5.37. The number of rotatable bonds is 21. The molecule has 1 heterocycles. The largest absolute Gasteiger partial charge is 0.455 e. The number of ether oxygens (including phenoxy) is 1. The molecule has 1 rings (SSSR count). The lowest BCUT2D eigenvalue weighted by Gasteiger charge is -2.32. The Labute approximate surface area is 306 Å². The number of hydrogen-bond acceptors (Lipinski definition) is 18. The predicted molar refractivity (Wildman–Crippen MR) is 191 cm³/mol. The van der Waals surface area contributed by atoms with Gasteiger partial charge in [0.25, 0.3) is 0 Å². The Morgan fingerprint density at radius 2 is 1.17 bits per heavy atom. The van der Waals surface area contributed by atoms with Crippen LogP contribution >= 0.6 is 0 Å². The average Bonchev–Trinajstić information content (AvgIpc) is 3.09. The maximum absolute atomic E-state index is 11.9. The minimum atomic E-state index is -1.82. The second-order valence-electron chi connectivity index (χ2n) is 14.8. The molecule has 1 aliphatic rings. The summed E-state index contributed by atoms with van der Waals surface area (Å²) in [5, 5.41) is 128. The smallest absolute Gasteiger partial charge is 0.338 e. The average molecular weight is 793 g/mol. The number of allylic oxidation sites excluding steroid dienone is 1. The van der Waals surface area contributed by atoms with Crippen LogP contribution in [-0.2, 0) is 19.1 Å². The number of aliphatic hydroxyl groups excluding tert-OH is 14. The third-order valence-corrected chi connectivity index (χ3v) is 17.8. The van der Waals surface area contributed by atoms with Gasteiger partial charge in [-0.3, -0.25) is 9.59 Å². The van der Waals surface area contributed by atoms with Crippen molar-refractivity contribution in [2.24, 2.45) is 0 Å². The molecule has 0 unspecified atom stereocenters. The van der Waals surface area contributed by atoms with Gasteiger partial charge in [0.1, 0.15) is 61.0 Å². The summed E-state index contributed by atoms with van der Waals surface area (Å²) in [7, 11) is -2.34. The molecule has 0 amide bonds. The molecule has 14 N–H and O–H groups in total. The SMILES string of the molecule is C=CCCC(=O)[C@H](O)[C@@H](O)[C@H](O)[C@H](O)CO.C[Si](C)(C)C[Si](C)(C)CCCCC(=O)[C@H](O)[C@@H](O)[C@H](O)[C@H](O)CO.O=C1O[C@H](CO)[C@@H](O)[C@H](O)[C@H]1O. The Kier molecular flexibility index (Phi) is 25.8. The number of Topliss-reactive ketones (excluding diaryl/α,β-unsaturated/α-hetero) is 2. The van der Waals surface area contributed by atoms with Crippen molar-refractivity contribution in [2.75, 3.05) is 19.8 Å². The van der Waals surface area contributed by atoms with E-state index in [2.05, 4.69) is 44.1 Å². The molecule has 0 aromatic carbocycles. The number of aliphatic hydroxyl groups is 14. The lowest BCUT2D eigenvalue weighted by Crippen LogP contribution is -2.56. The van der Waals surface area contributed by atoms with Gasteiger partial charge in [0, 0.05) is 29.0 Å². The van der Waals surface area contributed by atoms with Crippen LogP contribution < -0.4 is 0 Å². The Morgan fingerprint density at radius 3 is 1.56 bits per heavy atom. The zero-order valence-corrected chi connectivity index (χ0v) is 32.7. The number of cyclic esters (lactones) is 1. The Hall–Kier alpha value is -1.58. The summed E-state index contributed by atoms with van der Waals surface area (Å²) < 4.78 is 4.38. The topological polar surface area (TPSA) is 344 Å². The predicted octanol–water partition coefficient (Wildman–Crippen LogP) is -4.31. The molecule has 1 aliphatic heterocycles. The van der Waals surface area contributed by atoms with Crippen molar-refractivity contribution in [3.8, 4) is 0 Å². The van der Waals surface area contributed by atoms with E-state index in [1.807, 2.05) is 0 Å². The summed E-state index contributed by atoms with van der Waals surface area (Å²) >= 11 is 0. The van der Waals surface area contributed by atoms with E-state index in [1.165, 1.54) is 11.7 Å². The van der Waals surface area contributed by atoms with Gasteiger partial charge >= 0.3 is 5.97 Å². The van der Waals surface area contributed by atoms with Gasteiger partial charge in [-0.05, 0) is 12.8 Å². The fraction of sp³-hybridized carbons (Fsp3) is 0.844. The minimum Gasteiger partial charge on any atom is -0.455 e. The quantitative estimate of drug-likeness (QED) is 0.0226. The Balaban J connectivity index is 0. The lowest BCUT2D eigenvalue weighted by atomic mass is 9.98. The first-order chi connectivity index (χ1) is 23.8. The number of unbranched alkanes of at least 4 members (excludes halogenated alkanes) is 1. The van der Waals surface area contributed by atoms with Crippen LogP contribution in [0.25, 0.3) is 0 Å². The number of carbonyl (C=O) groups is 3. The summed E-state index contributed by atoms with van der Waals surface area (Å²) in [6.07, 6.45) is -16.3. The highest BCUT2D eigenvalue weighted by atomic mass is 28.4. The summed E-state index contributed by atoms with van der Waals surface area (Å²) in [5.41, 5.74) is 1.35. The van der Waals surface area contributed by atoms with E-state index in [9.17, 15) is 50.1 Å². The van der Waals surface area contributed by atoms with Crippen LogP contribution in [0.5, 0.6) is 0 Å². The van der Waals surface area contributed by atoms with E-state index in [4.69, 9.17) is 35.7 Å². The van der Waals surface area contributed by atoms with Crippen molar-refractivity contribution in [1.29, 1.82) is 0 Å². The van der Waals surface area contributed by atoms with Crippen molar-refractivity contribution < 1.29 is 90.6 Å². The monoisotopic (exact) mass is 792 g/mol. The molecule has 0 aliphatic carbocycles. The number of esters is 1. The van der Waals surface area contributed by atoms with E-state index >= 15 is 0 Å². The van der Waals surface area contributed by atoms with Gasteiger partial charge in [0.15, 0.2) is 23.8 Å². The molecular weight excluding hydrogens is 729 g/mol. The molecule has 0 radical (unpaired) electrons. The molecule has 0 aromatic heterocycles. The van der Waals surface area contributed by atoms with E-state index < -0.39 is 127 Å². The molecule has 1 fully saturated rings. The van der Waals surface area contributed by atoms with Gasteiger partial charge in [-0.2, -0.15) is 0 Å². The van der Waals surface area contributed by atoms with Gasteiger partial charge in [0.05, 0.1) is 19.8 Å². The van der Waals surface area contributed by atoms with Gasteiger partial charge in [-0.1, -0.05) is 56.9 Å². The third kappa shape index (κ3) is 19.7. The highest BCUT2D eigenvalue weighted by Crippen LogP contribution is 2.25. The van der Waals surface area contributed by atoms with Gasteiger partial charge in [0.2, 0.25) is 0 Å². The molecule has 0 bridgehead atoms. The van der Waals surface area contributed by atoms with E-state index in [-0.39, 0.29) is 12.8 Å². The maximum Gasteiger partial charge on any atom is 0.338 e. The third-order valence-electron chi connectivity index (χ3n) is 8.04. The fourth-order valence-corrected chi connectivity index (χ4v) is 18.8. The summed E-state index contributed by atoms with van der Waals surface area (Å²) in [6, 6.07) is 1.13. The second kappa shape index (κ2) is 25.5. The molecule has 0 saturated carbocycles. The highest BCUT2D eigenvalue weighted by Gasteiger charge is 2.43. The zero-order chi connectivity index (χ0) is 41.1. The van der Waals surface area contributed by atoms with Crippen molar-refractivity contribution in [3.05, 3.63) is 12.7 Å².